The lowest BCUT2D eigenvalue weighted by molar-refractivity contribution is -0.255. The molecule has 0 fully saturated rings. The SMILES string of the molecule is CCS(=O)(=O)c1cccnc1-c1ccc(S(=O)(=O)C(F)(F)F)cc1C(=O)[O-]. The van der Waals surface area contributed by atoms with Crippen LogP contribution in [0.2, 0.25) is 0 Å². The van der Waals surface area contributed by atoms with Crippen molar-refractivity contribution in [3.63, 3.8) is 0 Å². The highest BCUT2D eigenvalue weighted by Gasteiger charge is 2.47. The summed E-state index contributed by atoms with van der Waals surface area (Å²) in [4.78, 5) is 13.5. The number of carboxylic acids is 1. The van der Waals surface area contributed by atoms with Crippen LogP contribution >= 0.6 is 0 Å². The normalized spacial score (nSPS) is 12.7. The molecule has 0 spiro atoms. The van der Waals surface area contributed by atoms with Crippen LogP contribution in [0.25, 0.3) is 11.3 Å². The van der Waals surface area contributed by atoms with E-state index in [0.717, 1.165) is 18.3 Å². The lowest BCUT2D eigenvalue weighted by Gasteiger charge is -2.15. The van der Waals surface area contributed by atoms with Gasteiger partial charge in [-0.15, -0.1) is 0 Å². The van der Waals surface area contributed by atoms with Crippen molar-refractivity contribution in [2.24, 2.45) is 0 Å². The summed E-state index contributed by atoms with van der Waals surface area (Å²) >= 11 is 0. The van der Waals surface area contributed by atoms with E-state index >= 15 is 0 Å². The summed E-state index contributed by atoms with van der Waals surface area (Å²) in [5.41, 5.74) is -7.30. The topological polar surface area (TPSA) is 121 Å². The number of aromatic carboxylic acids is 1. The molecule has 0 saturated carbocycles. The first-order valence-electron chi connectivity index (χ1n) is 7.18. The standard InChI is InChI=1S/C15H12F3NO6S2/c1-2-26(22,23)12-4-3-7-19-13(12)10-6-5-9(8-11(10)14(20)21)27(24,25)15(16,17)18/h3-8H,2H2,1H3,(H,20,21)/p-1. The Morgan fingerprint density at radius 1 is 1.15 bits per heavy atom. The molecule has 1 aromatic carbocycles. The molecule has 7 nitrogen and oxygen atoms in total. The molecule has 2 rings (SSSR count). The van der Waals surface area contributed by atoms with Crippen LogP contribution in [-0.2, 0) is 19.7 Å². The van der Waals surface area contributed by atoms with Crippen molar-refractivity contribution in [2.75, 3.05) is 5.75 Å². The van der Waals surface area contributed by atoms with Crippen LogP contribution in [-0.4, -0.2) is 39.1 Å². The fourth-order valence-electron chi connectivity index (χ4n) is 2.20. The maximum Gasteiger partial charge on any atom is 0.501 e. The Balaban J connectivity index is 2.81. The number of nitrogens with zero attached hydrogens (tertiary/aromatic N) is 1. The van der Waals surface area contributed by atoms with Gasteiger partial charge in [-0.05, 0) is 24.3 Å². The Hall–Kier alpha value is -2.47. The first-order chi connectivity index (χ1) is 12.3. The summed E-state index contributed by atoms with van der Waals surface area (Å²) in [6.45, 7) is 1.34. The monoisotopic (exact) mass is 422 g/mol. The van der Waals surface area contributed by atoms with E-state index in [1.165, 1.54) is 13.0 Å². The number of rotatable bonds is 5. The minimum atomic E-state index is -5.80. The number of carboxylic acid groups (broad SMARTS) is 1. The van der Waals surface area contributed by atoms with Crippen LogP contribution in [0.15, 0.2) is 46.3 Å². The molecule has 1 aromatic heterocycles. The summed E-state index contributed by atoms with van der Waals surface area (Å²) < 4.78 is 85.5. The zero-order valence-electron chi connectivity index (χ0n) is 13.5. The van der Waals surface area contributed by atoms with E-state index in [9.17, 15) is 39.9 Å². The third-order valence-electron chi connectivity index (χ3n) is 3.57. The highest BCUT2D eigenvalue weighted by atomic mass is 32.2. The van der Waals surface area contributed by atoms with E-state index in [-0.39, 0.29) is 28.0 Å². The summed E-state index contributed by atoms with van der Waals surface area (Å²) in [5.74, 6) is -2.33. The van der Waals surface area contributed by atoms with Crippen LogP contribution in [0.3, 0.4) is 0 Å². The van der Waals surface area contributed by atoms with E-state index in [2.05, 4.69) is 4.98 Å². The molecule has 27 heavy (non-hydrogen) atoms. The number of carbonyl (C=O) groups excluding carboxylic acids is 1. The van der Waals surface area contributed by atoms with Crippen LogP contribution < -0.4 is 5.11 Å². The number of benzene rings is 1. The van der Waals surface area contributed by atoms with Gasteiger partial charge >= 0.3 is 5.51 Å². The number of carbonyl (C=O) groups is 1. The quantitative estimate of drug-likeness (QED) is 0.710. The van der Waals surface area contributed by atoms with Gasteiger partial charge in [0.2, 0.25) is 0 Å². The maximum absolute atomic E-state index is 12.7. The highest BCUT2D eigenvalue weighted by Crippen LogP contribution is 2.34. The molecular formula is C15H11F3NO6S2-. The fraction of sp³-hybridized carbons (Fsp3) is 0.200. The Labute approximate surface area is 152 Å². The van der Waals surface area contributed by atoms with Gasteiger partial charge in [-0.3, -0.25) is 4.98 Å². The zero-order valence-corrected chi connectivity index (χ0v) is 15.2. The lowest BCUT2D eigenvalue weighted by Crippen LogP contribution is -2.26. The van der Waals surface area contributed by atoms with Crippen molar-refractivity contribution in [1.29, 1.82) is 0 Å². The molecule has 0 atom stereocenters. The van der Waals surface area contributed by atoms with Crippen molar-refractivity contribution in [3.8, 4) is 11.3 Å². The molecule has 0 amide bonds. The number of hydrogen-bond acceptors (Lipinski definition) is 7. The van der Waals surface area contributed by atoms with Crippen LogP contribution in [0, 0.1) is 0 Å². The molecule has 0 unspecified atom stereocenters. The van der Waals surface area contributed by atoms with Crippen LogP contribution in [0.4, 0.5) is 13.2 Å². The van der Waals surface area contributed by atoms with Gasteiger partial charge in [0.1, 0.15) is 0 Å². The average Bonchev–Trinajstić information content (AvgIpc) is 2.60. The van der Waals surface area contributed by atoms with Crippen molar-refractivity contribution >= 4 is 25.6 Å². The molecule has 0 bridgehead atoms. The molecule has 0 aliphatic rings. The van der Waals surface area contributed by atoms with Crippen molar-refractivity contribution in [3.05, 3.63) is 42.1 Å². The number of hydrogen-bond donors (Lipinski definition) is 0. The Bertz CT molecular complexity index is 1110. The van der Waals surface area contributed by atoms with Gasteiger partial charge in [0.15, 0.2) is 9.84 Å². The molecule has 1 heterocycles. The van der Waals surface area contributed by atoms with Gasteiger partial charge in [0.05, 0.1) is 27.2 Å². The smallest absolute Gasteiger partial charge is 0.501 e. The summed E-state index contributed by atoms with van der Waals surface area (Å²) in [7, 11) is -9.66. The molecule has 12 heteroatoms. The minimum Gasteiger partial charge on any atom is -0.545 e. The second kappa shape index (κ2) is 6.93. The number of aromatic nitrogens is 1. The van der Waals surface area contributed by atoms with E-state index in [1.807, 2.05) is 0 Å². The Morgan fingerprint density at radius 3 is 2.30 bits per heavy atom. The summed E-state index contributed by atoms with van der Waals surface area (Å²) in [6, 6.07) is 3.99. The highest BCUT2D eigenvalue weighted by molar-refractivity contribution is 7.92. The number of halogens is 3. The van der Waals surface area contributed by atoms with Gasteiger partial charge in [-0.2, -0.15) is 13.2 Å². The lowest BCUT2D eigenvalue weighted by atomic mass is 10.0. The van der Waals surface area contributed by atoms with E-state index < -0.39 is 41.6 Å². The third-order valence-corrected chi connectivity index (χ3v) is 6.81. The molecule has 0 N–H and O–H groups in total. The van der Waals surface area contributed by atoms with Crippen molar-refractivity contribution < 1.29 is 39.9 Å². The van der Waals surface area contributed by atoms with Crippen molar-refractivity contribution in [1.82, 2.24) is 4.98 Å². The van der Waals surface area contributed by atoms with E-state index in [1.54, 1.807) is 0 Å². The minimum absolute atomic E-state index is 0.268. The number of pyridine rings is 1. The van der Waals surface area contributed by atoms with Crippen LogP contribution in [0.1, 0.15) is 17.3 Å². The molecule has 0 radical (unpaired) electrons. The van der Waals surface area contributed by atoms with Gasteiger partial charge in [-0.1, -0.05) is 13.0 Å². The molecule has 0 saturated heterocycles. The molecule has 0 aliphatic carbocycles. The van der Waals surface area contributed by atoms with Crippen molar-refractivity contribution in [2.45, 2.75) is 22.2 Å². The molecule has 146 valence electrons. The summed E-state index contributed by atoms with van der Waals surface area (Å²) in [6.07, 6.45) is 1.16. The number of alkyl halides is 3. The van der Waals surface area contributed by atoms with Gasteiger partial charge in [-0.25, -0.2) is 16.8 Å². The predicted octanol–water partition coefficient (Wildman–Crippen LogP) is 1.20. The third kappa shape index (κ3) is 3.81. The molecular weight excluding hydrogens is 411 g/mol. The zero-order chi connectivity index (χ0) is 20.6. The van der Waals surface area contributed by atoms with E-state index in [4.69, 9.17) is 0 Å². The summed E-state index contributed by atoms with van der Waals surface area (Å²) in [5, 5.41) is 11.4. The maximum atomic E-state index is 12.7. The fourth-order valence-corrected chi connectivity index (χ4v) is 4.04. The number of sulfone groups is 2. The van der Waals surface area contributed by atoms with Gasteiger partial charge < -0.3 is 9.90 Å². The molecule has 0 aliphatic heterocycles. The first-order valence-corrected chi connectivity index (χ1v) is 10.3. The Kier molecular flexibility index (Phi) is 5.34. The van der Waals surface area contributed by atoms with Crippen LogP contribution in [0.5, 0.6) is 0 Å². The Morgan fingerprint density at radius 2 is 1.78 bits per heavy atom. The largest absolute Gasteiger partial charge is 0.545 e. The molecule has 2 aromatic rings. The van der Waals surface area contributed by atoms with Gasteiger partial charge in [0.25, 0.3) is 9.84 Å². The average molecular weight is 422 g/mol. The van der Waals surface area contributed by atoms with Gasteiger partial charge in [0, 0.05) is 17.3 Å². The first kappa shape index (κ1) is 20.8. The predicted molar refractivity (Wildman–Crippen MR) is 85.0 cm³/mol. The second-order valence-corrected chi connectivity index (χ2v) is 9.39. The second-order valence-electron chi connectivity index (χ2n) is 5.20. The van der Waals surface area contributed by atoms with E-state index in [0.29, 0.717) is 6.07 Å².